The Morgan fingerprint density at radius 1 is 1.13 bits per heavy atom. The fourth-order valence-electron chi connectivity index (χ4n) is 4.45. The van der Waals surface area contributed by atoms with E-state index in [0.29, 0.717) is 29.7 Å². The number of nitriles is 2. The van der Waals surface area contributed by atoms with Crippen molar-refractivity contribution >= 4 is 23.0 Å². The number of nitrogens with one attached hydrogen (secondary N) is 1. The van der Waals surface area contributed by atoms with Crippen molar-refractivity contribution in [2.75, 3.05) is 23.4 Å². The van der Waals surface area contributed by atoms with Gasteiger partial charge in [-0.2, -0.15) is 23.7 Å². The number of anilines is 3. The number of rotatable bonds is 1. The van der Waals surface area contributed by atoms with Gasteiger partial charge in [0, 0.05) is 30.9 Å². The van der Waals surface area contributed by atoms with E-state index in [1.165, 1.54) is 0 Å². The van der Waals surface area contributed by atoms with Gasteiger partial charge < -0.3 is 15.1 Å². The Labute approximate surface area is 177 Å². The van der Waals surface area contributed by atoms with E-state index in [4.69, 9.17) is 0 Å². The molecule has 2 aliphatic rings. The van der Waals surface area contributed by atoms with Crippen molar-refractivity contribution in [3.8, 4) is 12.1 Å². The summed E-state index contributed by atoms with van der Waals surface area (Å²) in [6.45, 7) is 0.388. The molecule has 0 saturated carbocycles. The third kappa shape index (κ3) is 3.53. The fraction of sp³-hybridized carbons (Fsp3) is 0.318. The topological polar surface area (TPSA) is 83.2 Å². The van der Waals surface area contributed by atoms with Crippen molar-refractivity contribution in [2.45, 2.75) is 31.1 Å². The van der Waals surface area contributed by atoms with Crippen molar-refractivity contribution in [1.29, 1.82) is 10.5 Å². The number of benzene rings is 2. The molecular weight excluding hydrogens is 407 g/mol. The van der Waals surface area contributed by atoms with Crippen LogP contribution in [0.1, 0.15) is 35.6 Å². The Bertz CT molecular complexity index is 1130. The smallest absolute Gasteiger partial charge is 0.363 e. The van der Waals surface area contributed by atoms with Gasteiger partial charge in [-0.25, -0.2) is 0 Å². The summed E-state index contributed by atoms with van der Waals surface area (Å²) in [4.78, 5) is 15.5. The zero-order chi connectivity index (χ0) is 22.3. The lowest BCUT2D eigenvalue weighted by molar-refractivity contribution is -0.174. The van der Waals surface area contributed by atoms with Gasteiger partial charge in [0.25, 0.3) is 0 Å². The van der Waals surface area contributed by atoms with Gasteiger partial charge in [-0.15, -0.1) is 0 Å². The van der Waals surface area contributed by atoms with Crippen LogP contribution < -0.4 is 15.1 Å². The molecule has 2 aromatic rings. The number of halogens is 3. The van der Waals surface area contributed by atoms with Crippen LogP contribution in [0.5, 0.6) is 0 Å². The summed E-state index contributed by atoms with van der Waals surface area (Å²) in [7, 11) is 1.83. The standard InChI is InChI=1S/C22H18F3N5O/c1-29-17-4-2-3-14(12-27)20(17)19-10-15(28-21(31)22(23,24)25)7-8-30(19)16-6-5-13(11-26)9-18(16)29/h2-6,9,15,19H,7-8,10H2,1H3,(H,28,31). The van der Waals surface area contributed by atoms with Crippen LogP contribution in [0.2, 0.25) is 0 Å². The number of nitrogens with zero attached hydrogens (tertiary/aromatic N) is 4. The molecule has 0 radical (unpaired) electrons. The summed E-state index contributed by atoms with van der Waals surface area (Å²) in [5, 5.41) is 21.2. The first-order valence-electron chi connectivity index (χ1n) is 9.69. The molecule has 1 amide bonds. The van der Waals surface area contributed by atoms with Crippen molar-refractivity contribution in [1.82, 2.24) is 5.32 Å². The molecule has 2 heterocycles. The highest BCUT2D eigenvalue weighted by atomic mass is 19.4. The normalized spacial score (nSPS) is 19.8. The monoisotopic (exact) mass is 425 g/mol. The molecule has 4 rings (SSSR count). The zero-order valence-corrected chi connectivity index (χ0v) is 16.6. The first-order valence-corrected chi connectivity index (χ1v) is 9.69. The summed E-state index contributed by atoms with van der Waals surface area (Å²) >= 11 is 0. The first-order chi connectivity index (χ1) is 14.7. The summed E-state index contributed by atoms with van der Waals surface area (Å²) in [5.41, 5.74) is 3.95. The van der Waals surface area contributed by atoms with Gasteiger partial charge in [0.15, 0.2) is 0 Å². The zero-order valence-electron chi connectivity index (χ0n) is 16.6. The van der Waals surface area contributed by atoms with E-state index >= 15 is 0 Å². The second-order valence-electron chi connectivity index (χ2n) is 7.63. The van der Waals surface area contributed by atoms with Crippen molar-refractivity contribution in [3.05, 3.63) is 53.1 Å². The number of hydrogen-bond donors (Lipinski definition) is 1. The molecule has 158 valence electrons. The van der Waals surface area contributed by atoms with Crippen molar-refractivity contribution in [2.24, 2.45) is 0 Å². The van der Waals surface area contributed by atoms with Gasteiger partial charge in [-0.1, -0.05) is 6.07 Å². The molecule has 2 aromatic carbocycles. The largest absolute Gasteiger partial charge is 0.471 e. The molecule has 1 N–H and O–H groups in total. The van der Waals surface area contributed by atoms with Gasteiger partial charge in [-0.3, -0.25) is 4.79 Å². The predicted molar refractivity (Wildman–Crippen MR) is 108 cm³/mol. The molecule has 31 heavy (non-hydrogen) atoms. The third-order valence-corrected chi connectivity index (χ3v) is 5.87. The first kappa shape index (κ1) is 20.5. The summed E-state index contributed by atoms with van der Waals surface area (Å²) in [6.07, 6.45) is -4.40. The number of carbonyl (C=O) groups is 1. The van der Waals surface area contributed by atoms with Crippen molar-refractivity contribution in [3.63, 3.8) is 0 Å². The summed E-state index contributed by atoms with van der Waals surface area (Å²) < 4.78 is 38.3. The predicted octanol–water partition coefficient (Wildman–Crippen LogP) is 3.90. The van der Waals surface area contributed by atoms with Crippen LogP contribution in [0.3, 0.4) is 0 Å². The van der Waals surface area contributed by atoms with E-state index in [2.05, 4.69) is 22.4 Å². The van der Waals surface area contributed by atoms with Gasteiger partial charge >= 0.3 is 12.1 Å². The molecule has 6 nitrogen and oxygen atoms in total. The van der Waals surface area contributed by atoms with E-state index in [9.17, 15) is 28.5 Å². The van der Waals surface area contributed by atoms with E-state index in [1.807, 2.05) is 24.1 Å². The van der Waals surface area contributed by atoms with E-state index in [1.54, 1.807) is 24.3 Å². The van der Waals surface area contributed by atoms with Crippen LogP contribution >= 0.6 is 0 Å². The lowest BCUT2D eigenvalue weighted by Crippen LogP contribution is -2.49. The Kier molecular flexibility index (Phi) is 4.98. The maximum absolute atomic E-state index is 12.8. The van der Waals surface area contributed by atoms with Crippen LogP contribution in [0, 0.1) is 22.7 Å². The van der Waals surface area contributed by atoms with Gasteiger partial charge in [0.2, 0.25) is 0 Å². The lowest BCUT2D eigenvalue weighted by Gasteiger charge is -2.41. The molecule has 0 aromatic heterocycles. The van der Waals surface area contributed by atoms with E-state index in [0.717, 1.165) is 17.1 Å². The number of amides is 1. The number of hydrogen-bond acceptors (Lipinski definition) is 5. The van der Waals surface area contributed by atoms with Crippen LogP contribution in [0.25, 0.3) is 0 Å². The Balaban J connectivity index is 1.83. The minimum atomic E-state index is -4.95. The molecule has 0 spiro atoms. The highest BCUT2D eigenvalue weighted by Gasteiger charge is 2.42. The number of fused-ring (bicyclic) bond motifs is 5. The van der Waals surface area contributed by atoms with Crippen LogP contribution in [-0.4, -0.2) is 31.7 Å². The lowest BCUT2D eigenvalue weighted by atomic mass is 9.88. The van der Waals surface area contributed by atoms with Crippen molar-refractivity contribution < 1.29 is 18.0 Å². The Morgan fingerprint density at radius 2 is 1.90 bits per heavy atom. The van der Waals surface area contributed by atoms with Crippen LogP contribution in [0.15, 0.2) is 36.4 Å². The minimum Gasteiger partial charge on any atom is -0.363 e. The summed E-state index contributed by atoms with van der Waals surface area (Å²) in [6, 6.07) is 13.8. The van der Waals surface area contributed by atoms with Gasteiger partial charge in [0.1, 0.15) is 0 Å². The molecule has 0 bridgehead atoms. The average molecular weight is 425 g/mol. The highest BCUT2D eigenvalue weighted by Crippen LogP contribution is 2.49. The summed E-state index contributed by atoms with van der Waals surface area (Å²) in [5.74, 6) is -1.95. The fourth-order valence-corrected chi connectivity index (χ4v) is 4.45. The number of alkyl halides is 3. The van der Waals surface area contributed by atoms with E-state index in [-0.39, 0.29) is 6.42 Å². The Morgan fingerprint density at radius 3 is 2.58 bits per heavy atom. The highest BCUT2D eigenvalue weighted by molar-refractivity contribution is 5.84. The second kappa shape index (κ2) is 7.51. The molecule has 2 atom stereocenters. The third-order valence-electron chi connectivity index (χ3n) is 5.87. The molecule has 1 saturated heterocycles. The number of carbonyl (C=O) groups excluding carboxylic acids is 1. The van der Waals surface area contributed by atoms with E-state index < -0.39 is 24.2 Å². The molecular formula is C22H18F3N5O. The molecule has 2 aliphatic heterocycles. The SMILES string of the molecule is CN1c2cc(C#N)ccc2N2CCC(NC(=O)C(F)(F)F)CC2c2c(C#N)cccc21. The van der Waals surface area contributed by atoms with Crippen LogP contribution in [0.4, 0.5) is 30.2 Å². The molecule has 1 fully saturated rings. The maximum atomic E-state index is 12.8. The maximum Gasteiger partial charge on any atom is 0.471 e. The van der Waals surface area contributed by atoms with Gasteiger partial charge in [-0.05, 0) is 43.2 Å². The molecule has 2 unspecified atom stereocenters. The van der Waals surface area contributed by atoms with Crippen LogP contribution in [-0.2, 0) is 4.79 Å². The average Bonchev–Trinajstić information content (AvgIpc) is 2.86. The Hall–Kier alpha value is -3.72. The second-order valence-corrected chi connectivity index (χ2v) is 7.63. The molecule has 0 aliphatic carbocycles. The number of piperidine rings is 1. The molecule has 9 heteroatoms. The quantitative estimate of drug-likeness (QED) is 0.749. The van der Waals surface area contributed by atoms with Gasteiger partial charge in [0.05, 0.1) is 40.7 Å². The minimum absolute atomic E-state index is 0.223.